The van der Waals surface area contributed by atoms with Gasteiger partial charge >= 0.3 is 5.97 Å². The quantitative estimate of drug-likeness (QED) is 0.337. The van der Waals surface area contributed by atoms with Crippen LogP contribution >= 0.6 is 11.3 Å². The van der Waals surface area contributed by atoms with Crippen molar-refractivity contribution in [3.63, 3.8) is 0 Å². The van der Waals surface area contributed by atoms with E-state index in [4.69, 9.17) is 9.47 Å². The lowest BCUT2D eigenvalue weighted by molar-refractivity contribution is -0.139. The Morgan fingerprint density at radius 1 is 1.05 bits per heavy atom. The number of thiazole rings is 1. The van der Waals surface area contributed by atoms with Crippen molar-refractivity contribution >= 4 is 23.4 Å². The molecule has 0 unspecified atom stereocenters. The summed E-state index contributed by atoms with van der Waals surface area (Å²) in [6.07, 6.45) is 1.92. The van der Waals surface area contributed by atoms with Crippen LogP contribution in [-0.4, -0.2) is 28.8 Å². The Bertz CT molecular complexity index is 1770. The minimum Gasteiger partial charge on any atom is -0.497 e. The molecule has 5 rings (SSSR count). The van der Waals surface area contributed by atoms with Crippen LogP contribution in [0.15, 0.2) is 75.7 Å². The maximum Gasteiger partial charge on any atom is 0.338 e. The van der Waals surface area contributed by atoms with Gasteiger partial charge in [-0.1, -0.05) is 41.2 Å². The number of methoxy groups -OCH3 is 1. The minimum absolute atomic E-state index is 0.187. The third-order valence-corrected chi connectivity index (χ3v) is 7.98. The van der Waals surface area contributed by atoms with Gasteiger partial charge in [-0.25, -0.2) is 9.79 Å². The van der Waals surface area contributed by atoms with Crippen molar-refractivity contribution in [3.8, 4) is 11.4 Å². The van der Waals surface area contributed by atoms with Gasteiger partial charge in [-0.05, 0) is 82.2 Å². The summed E-state index contributed by atoms with van der Waals surface area (Å²) in [5, 5.41) is 0. The van der Waals surface area contributed by atoms with Crippen molar-refractivity contribution in [2.75, 3.05) is 13.7 Å². The first-order valence-corrected chi connectivity index (χ1v) is 13.6. The summed E-state index contributed by atoms with van der Waals surface area (Å²) in [5.41, 5.74) is 6.72. The molecule has 2 aromatic carbocycles. The fraction of sp³-hybridized carbons (Fsp3) is 0.258. The number of aryl methyl sites for hydroxylation is 2. The van der Waals surface area contributed by atoms with Crippen molar-refractivity contribution < 1.29 is 14.3 Å². The summed E-state index contributed by atoms with van der Waals surface area (Å²) in [5.74, 6) is 0.338. The number of nitrogens with zero attached hydrogens (tertiary/aromatic N) is 3. The number of aromatic nitrogens is 2. The fourth-order valence-electron chi connectivity index (χ4n) is 5.06. The maximum absolute atomic E-state index is 13.9. The number of hydrogen-bond acceptors (Lipinski definition) is 6. The van der Waals surface area contributed by atoms with Gasteiger partial charge in [0.15, 0.2) is 4.80 Å². The van der Waals surface area contributed by atoms with E-state index in [9.17, 15) is 9.59 Å². The SMILES string of the molecule is CCOC(=O)C1=C(C)N=c2s/c(=C/c3cc(C)n(-c4ccc(OC)cc4)c3C)c(=O)n2[C@@H]1c1ccc(C)cc1. The van der Waals surface area contributed by atoms with E-state index >= 15 is 0 Å². The molecule has 7 nitrogen and oxygen atoms in total. The molecule has 0 bridgehead atoms. The zero-order valence-corrected chi connectivity index (χ0v) is 23.8. The van der Waals surface area contributed by atoms with Crippen LogP contribution in [0, 0.1) is 20.8 Å². The minimum atomic E-state index is -0.616. The summed E-state index contributed by atoms with van der Waals surface area (Å²) >= 11 is 1.33. The molecule has 1 aliphatic rings. The highest BCUT2D eigenvalue weighted by molar-refractivity contribution is 7.07. The molecule has 0 spiro atoms. The number of carbonyl (C=O) groups is 1. The number of ether oxygens (including phenoxy) is 2. The normalized spacial score (nSPS) is 15.2. The van der Waals surface area contributed by atoms with Crippen LogP contribution in [-0.2, 0) is 9.53 Å². The maximum atomic E-state index is 13.9. The molecular formula is C31H31N3O4S. The van der Waals surface area contributed by atoms with Crippen LogP contribution in [0.25, 0.3) is 11.8 Å². The Labute approximate surface area is 231 Å². The molecule has 4 aromatic rings. The Kier molecular flexibility index (Phi) is 7.14. The molecule has 0 radical (unpaired) electrons. The lowest BCUT2D eigenvalue weighted by Gasteiger charge is -2.24. The second-order valence-electron chi connectivity index (χ2n) is 9.57. The Hall–Kier alpha value is -4.17. The highest BCUT2D eigenvalue weighted by Crippen LogP contribution is 2.31. The average molecular weight is 542 g/mol. The van der Waals surface area contributed by atoms with Gasteiger partial charge in [0.2, 0.25) is 0 Å². The van der Waals surface area contributed by atoms with Crippen molar-refractivity contribution in [3.05, 3.63) is 114 Å². The summed E-state index contributed by atoms with van der Waals surface area (Å²) < 4.78 is 15.0. The largest absolute Gasteiger partial charge is 0.497 e. The van der Waals surface area contributed by atoms with Crippen LogP contribution in [0.2, 0.25) is 0 Å². The van der Waals surface area contributed by atoms with E-state index in [1.807, 2.05) is 75.4 Å². The van der Waals surface area contributed by atoms with E-state index in [2.05, 4.69) is 15.6 Å². The Morgan fingerprint density at radius 3 is 2.38 bits per heavy atom. The highest BCUT2D eigenvalue weighted by Gasteiger charge is 2.33. The van der Waals surface area contributed by atoms with Gasteiger partial charge in [0.1, 0.15) is 5.75 Å². The van der Waals surface area contributed by atoms with Gasteiger partial charge < -0.3 is 14.0 Å². The topological polar surface area (TPSA) is 74.8 Å². The van der Waals surface area contributed by atoms with E-state index in [1.54, 1.807) is 25.5 Å². The van der Waals surface area contributed by atoms with E-state index in [0.717, 1.165) is 39.5 Å². The summed E-state index contributed by atoms with van der Waals surface area (Å²) in [4.78, 5) is 32.2. The van der Waals surface area contributed by atoms with E-state index in [1.165, 1.54) is 11.3 Å². The zero-order chi connectivity index (χ0) is 27.8. The molecule has 0 saturated heterocycles. The van der Waals surface area contributed by atoms with E-state index in [0.29, 0.717) is 20.6 Å². The molecule has 8 heteroatoms. The fourth-order valence-corrected chi connectivity index (χ4v) is 6.10. The number of carbonyl (C=O) groups excluding carboxylic acids is 1. The van der Waals surface area contributed by atoms with Gasteiger partial charge in [0.25, 0.3) is 5.56 Å². The second-order valence-corrected chi connectivity index (χ2v) is 10.6. The molecule has 39 heavy (non-hydrogen) atoms. The first kappa shape index (κ1) is 26.4. The monoisotopic (exact) mass is 541 g/mol. The zero-order valence-electron chi connectivity index (χ0n) is 22.9. The highest BCUT2D eigenvalue weighted by atomic mass is 32.1. The van der Waals surface area contributed by atoms with Gasteiger partial charge in [0.05, 0.1) is 35.6 Å². The summed E-state index contributed by atoms with van der Waals surface area (Å²) in [6, 6.07) is 17.2. The number of rotatable bonds is 6. The van der Waals surface area contributed by atoms with Crippen LogP contribution in [0.1, 0.15) is 48.0 Å². The standard InChI is InChI=1S/C31H31N3O4S/c1-7-38-30(36)27-20(4)32-31-34(28(27)22-10-8-18(2)9-11-22)29(35)26(39-31)17-23-16-19(3)33(21(23)5)24-12-14-25(37-6)15-13-24/h8-17,28H,7H2,1-6H3/b26-17+/t28-/m1/s1. The average Bonchev–Trinajstić information content (AvgIpc) is 3.37. The smallest absolute Gasteiger partial charge is 0.338 e. The molecule has 0 N–H and O–H groups in total. The van der Waals surface area contributed by atoms with Crippen LogP contribution in [0.4, 0.5) is 0 Å². The lowest BCUT2D eigenvalue weighted by Crippen LogP contribution is -2.39. The Balaban J connectivity index is 1.66. The van der Waals surface area contributed by atoms with Crippen molar-refractivity contribution in [1.29, 1.82) is 0 Å². The van der Waals surface area contributed by atoms with Gasteiger partial charge in [-0.15, -0.1) is 0 Å². The van der Waals surface area contributed by atoms with Crippen molar-refractivity contribution in [2.45, 2.75) is 40.7 Å². The first-order valence-electron chi connectivity index (χ1n) is 12.8. The predicted molar refractivity (Wildman–Crippen MR) is 153 cm³/mol. The molecule has 0 aliphatic carbocycles. The van der Waals surface area contributed by atoms with Crippen molar-refractivity contribution in [2.24, 2.45) is 4.99 Å². The molecule has 0 amide bonds. The number of esters is 1. The third-order valence-electron chi connectivity index (χ3n) is 7.00. The number of allylic oxidation sites excluding steroid dienone is 1. The molecule has 0 fully saturated rings. The number of benzene rings is 2. The Morgan fingerprint density at radius 2 is 1.74 bits per heavy atom. The van der Waals surface area contributed by atoms with Gasteiger partial charge in [0, 0.05) is 17.1 Å². The van der Waals surface area contributed by atoms with Crippen LogP contribution in [0.5, 0.6) is 5.75 Å². The van der Waals surface area contributed by atoms with Gasteiger partial charge in [-0.3, -0.25) is 9.36 Å². The van der Waals surface area contributed by atoms with Crippen LogP contribution < -0.4 is 19.6 Å². The van der Waals surface area contributed by atoms with Crippen LogP contribution in [0.3, 0.4) is 0 Å². The number of fused-ring (bicyclic) bond motifs is 1. The molecule has 2 aromatic heterocycles. The lowest BCUT2D eigenvalue weighted by atomic mass is 9.95. The van der Waals surface area contributed by atoms with E-state index in [-0.39, 0.29) is 12.2 Å². The molecule has 200 valence electrons. The molecule has 0 saturated carbocycles. The van der Waals surface area contributed by atoms with E-state index < -0.39 is 12.0 Å². The molecule has 1 atom stereocenters. The summed E-state index contributed by atoms with van der Waals surface area (Å²) in [7, 11) is 1.65. The molecular weight excluding hydrogens is 510 g/mol. The number of hydrogen-bond donors (Lipinski definition) is 0. The van der Waals surface area contributed by atoms with Gasteiger partial charge in [-0.2, -0.15) is 0 Å². The second kappa shape index (κ2) is 10.5. The predicted octanol–water partition coefficient (Wildman–Crippen LogP) is 4.52. The summed E-state index contributed by atoms with van der Waals surface area (Å²) in [6.45, 7) is 9.90. The van der Waals surface area contributed by atoms with Crippen molar-refractivity contribution in [1.82, 2.24) is 9.13 Å². The first-order chi connectivity index (χ1) is 18.7. The third kappa shape index (κ3) is 4.76. The molecule has 3 heterocycles. The molecule has 1 aliphatic heterocycles.